The normalized spacial score (nSPS) is 13.0. The fraction of sp³-hybridized carbons (Fsp3) is 0.190. The lowest BCUT2D eigenvalue weighted by Crippen LogP contribution is -2.20. The van der Waals surface area contributed by atoms with E-state index in [0.29, 0.717) is 17.4 Å². The molecule has 0 unspecified atom stereocenters. The SMILES string of the molecule is COc1ccc(C(=O)O)cc1Oc1cc(NC2Cc3ccccc3C2)ncn1. The van der Waals surface area contributed by atoms with Crippen LogP contribution in [0.15, 0.2) is 54.9 Å². The molecule has 0 saturated heterocycles. The number of aromatic carboxylic acids is 1. The minimum Gasteiger partial charge on any atom is -0.493 e. The molecule has 3 aromatic rings. The van der Waals surface area contributed by atoms with Crippen LogP contribution in [-0.4, -0.2) is 34.2 Å². The molecule has 7 nitrogen and oxygen atoms in total. The van der Waals surface area contributed by atoms with Gasteiger partial charge in [-0.25, -0.2) is 14.8 Å². The first-order chi connectivity index (χ1) is 13.6. The maximum Gasteiger partial charge on any atom is 0.335 e. The van der Waals surface area contributed by atoms with Crippen LogP contribution in [0.3, 0.4) is 0 Å². The Bertz CT molecular complexity index is 997. The highest BCUT2D eigenvalue weighted by Gasteiger charge is 2.21. The number of hydrogen-bond acceptors (Lipinski definition) is 6. The Kier molecular flexibility index (Phi) is 4.80. The van der Waals surface area contributed by atoms with E-state index in [1.165, 1.54) is 36.7 Å². The van der Waals surface area contributed by atoms with Crippen LogP contribution in [0.25, 0.3) is 0 Å². The van der Waals surface area contributed by atoms with E-state index in [2.05, 4.69) is 39.6 Å². The predicted molar refractivity (Wildman–Crippen MR) is 103 cm³/mol. The van der Waals surface area contributed by atoms with Crippen molar-refractivity contribution in [3.05, 3.63) is 71.5 Å². The maximum atomic E-state index is 11.2. The Labute approximate surface area is 162 Å². The van der Waals surface area contributed by atoms with Crippen LogP contribution in [0, 0.1) is 0 Å². The van der Waals surface area contributed by atoms with Crippen molar-refractivity contribution in [3.8, 4) is 17.4 Å². The van der Waals surface area contributed by atoms with Gasteiger partial charge in [-0.2, -0.15) is 0 Å². The van der Waals surface area contributed by atoms with Gasteiger partial charge in [-0.1, -0.05) is 24.3 Å². The van der Waals surface area contributed by atoms with Crippen molar-refractivity contribution in [2.45, 2.75) is 18.9 Å². The Morgan fingerprint density at radius 2 is 1.82 bits per heavy atom. The zero-order valence-corrected chi connectivity index (χ0v) is 15.3. The summed E-state index contributed by atoms with van der Waals surface area (Å²) in [6, 6.07) is 14.8. The third kappa shape index (κ3) is 3.73. The van der Waals surface area contributed by atoms with Gasteiger partial charge in [0.25, 0.3) is 0 Å². The topological polar surface area (TPSA) is 93.6 Å². The first-order valence-electron chi connectivity index (χ1n) is 8.87. The molecule has 1 aliphatic carbocycles. The van der Waals surface area contributed by atoms with Crippen molar-refractivity contribution in [1.29, 1.82) is 0 Å². The number of methoxy groups -OCH3 is 1. The van der Waals surface area contributed by atoms with Gasteiger partial charge in [-0.3, -0.25) is 0 Å². The van der Waals surface area contributed by atoms with Gasteiger partial charge in [0, 0.05) is 12.1 Å². The van der Waals surface area contributed by atoms with Gasteiger partial charge < -0.3 is 19.9 Å². The molecule has 1 aromatic heterocycles. The summed E-state index contributed by atoms with van der Waals surface area (Å²) in [7, 11) is 1.49. The van der Waals surface area contributed by atoms with E-state index in [0.717, 1.165) is 12.8 Å². The number of carboxylic acid groups (broad SMARTS) is 1. The van der Waals surface area contributed by atoms with Crippen LogP contribution in [0.1, 0.15) is 21.5 Å². The molecular weight excluding hydrogens is 358 g/mol. The van der Waals surface area contributed by atoms with Gasteiger partial charge >= 0.3 is 5.97 Å². The van der Waals surface area contributed by atoms with E-state index < -0.39 is 5.97 Å². The molecule has 1 heterocycles. The number of nitrogens with zero attached hydrogens (tertiary/aromatic N) is 2. The van der Waals surface area contributed by atoms with Gasteiger partial charge in [-0.15, -0.1) is 0 Å². The van der Waals surface area contributed by atoms with Crippen LogP contribution in [0.5, 0.6) is 17.4 Å². The van der Waals surface area contributed by atoms with Crippen molar-refractivity contribution < 1.29 is 19.4 Å². The largest absolute Gasteiger partial charge is 0.493 e. The Morgan fingerprint density at radius 1 is 1.07 bits per heavy atom. The second kappa shape index (κ2) is 7.56. The lowest BCUT2D eigenvalue weighted by atomic mass is 10.1. The average Bonchev–Trinajstić information content (AvgIpc) is 3.10. The summed E-state index contributed by atoms with van der Waals surface area (Å²) in [6.07, 6.45) is 3.28. The number of aromatic nitrogens is 2. The zero-order chi connectivity index (χ0) is 19.5. The van der Waals surface area contributed by atoms with E-state index in [4.69, 9.17) is 9.47 Å². The van der Waals surface area contributed by atoms with E-state index in [-0.39, 0.29) is 17.4 Å². The summed E-state index contributed by atoms with van der Waals surface area (Å²) in [5, 5.41) is 12.6. The molecule has 0 amide bonds. The highest BCUT2D eigenvalue weighted by atomic mass is 16.5. The summed E-state index contributed by atoms with van der Waals surface area (Å²) in [5.74, 6) is 0.605. The van der Waals surface area contributed by atoms with Crippen LogP contribution >= 0.6 is 0 Å². The minimum atomic E-state index is -1.04. The van der Waals surface area contributed by atoms with Gasteiger partial charge in [-0.05, 0) is 42.2 Å². The van der Waals surface area contributed by atoms with Gasteiger partial charge in [0.2, 0.25) is 5.88 Å². The van der Waals surface area contributed by atoms with E-state index in [1.807, 2.05) is 0 Å². The summed E-state index contributed by atoms with van der Waals surface area (Å²) >= 11 is 0. The Balaban J connectivity index is 1.51. The highest BCUT2D eigenvalue weighted by Crippen LogP contribution is 2.32. The highest BCUT2D eigenvalue weighted by molar-refractivity contribution is 5.88. The molecule has 0 radical (unpaired) electrons. The minimum absolute atomic E-state index is 0.104. The zero-order valence-electron chi connectivity index (χ0n) is 15.3. The maximum absolute atomic E-state index is 11.2. The number of benzene rings is 2. The molecule has 0 fully saturated rings. The number of fused-ring (bicyclic) bond motifs is 1. The third-order valence-corrected chi connectivity index (χ3v) is 4.67. The van der Waals surface area contributed by atoms with Crippen molar-refractivity contribution in [3.63, 3.8) is 0 Å². The summed E-state index contributed by atoms with van der Waals surface area (Å²) in [4.78, 5) is 19.6. The predicted octanol–water partition coefficient (Wildman–Crippen LogP) is 3.56. The number of anilines is 1. The number of hydrogen-bond donors (Lipinski definition) is 2. The molecule has 142 valence electrons. The van der Waals surface area contributed by atoms with Gasteiger partial charge in [0.1, 0.15) is 12.1 Å². The van der Waals surface area contributed by atoms with Crippen molar-refractivity contribution in [1.82, 2.24) is 9.97 Å². The first kappa shape index (κ1) is 17.8. The van der Waals surface area contributed by atoms with Crippen LogP contribution < -0.4 is 14.8 Å². The molecule has 0 aliphatic heterocycles. The van der Waals surface area contributed by atoms with Crippen molar-refractivity contribution in [2.24, 2.45) is 0 Å². The van der Waals surface area contributed by atoms with Gasteiger partial charge in [0.15, 0.2) is 11.5 Å². The number of carboxylic acids is 1. The molecule has 0 atom stereocenters. The van der Waals surface area contributed by atoms with Crippen LogP contribution in [0.4, 0.5) is 5.82 Å². The second-order valence-electron chi connectivity index (χ2n) is 6.53. The molecular formula is C21H19N3O4. The molecule has 7 heteroatoms. The molecule has 28 heavy (non-hydrogen) atoms. The molecule has 4 rings (SSSR count). The number of carbonyl (C=O) groups is 1. The fourth-order valence-electron chi connectivity index (χ4n) is 3.35. The molecule has 0 bridgehead atoms. The summed E-state index contributed by atoms with van der Waals surface area (Å²) in [5.41, 5.74) is 2.80. The van der Waals surface area contributed by atoms with Crippen molar-refractivity contribution in [2.75, 3.05) is 12.4 Å². The van der Waals surface area contributed by atoms with E-state index in [1.54, 1.807) is 12.1 Å². The second-order valence-corrected chi connectivity index (χ2v) is 6.53. The average molecular weight is 377 g/mol. The Morgan fingerprint density at radius 3 is 2.50 bits per heavy atom. The smallest absolute Gasteiger partial charge is 0.335 e. The fourth-order valence-corrected chi connectivity index (χ4v) is 3.35. The third-order valence-electron chi connectivity index (χ3n) is 4.67. The number of nitrogens with one attached hydrogen (secondary N) is 1. The van der Waals surface area contributed by atoms with Gasteiger partial charge in [0.05, 0.1) is 12.7 Å². The standard InChI is InChI=1S/C21H19N3O4/c1-27-17-7-6-15(21(25)26)10-18(17)28-20-11-19(22-12-23-20)24-16-8-13-4-2-3-5-14(13)9-16/h2-7,10-12,16H,8-9H2,1H3,(H,25,26)(H,22,23,24). The monoisotopic (exact) mass is 377 g/mol. The molecule has 1 aliphatic rings. The van der Waals surface area contributed by atoms with Crippen LogP contribution in [-0.2, 0) is 12.8 Å². The van der Waals surface area contributed by atoms with Crippen molar-refractivity contribution >= 4 is 11.8 Å². The van der Waals surface area contributed by atoms with Crippen LogP contribution in [0.2, 0.25) is 0 Å². The molecule has 0 spiro atoms. The lowest BCUT2D eigenvalue weighted by Gasteiger charge is -2.14. The first-order valence-corrected chi connectivity index (χ1v) is 8.87. The molecule has 2 aromatic carbocycles. The summed E-state index contributed by atoms with van der Waals surface area (Å²) < 4.78 is 11.0. The van der Waals surface area contributed by atoms with E-state index in [9.17, 15) is 9.90 Å². The number of rotatable bonds is 6. The number of ether oxygens (including phenoxy) is 2. The Hall–Kier alpha value is -3.61. The summed E-state index contributed by atoms with van der Waals surface area (Å²) in [6.45, 7) is 0. The molecule has 0 saturated carbocycles. The van der Waals surface area contributed by atoms with E-state index >= 15 is 0 Å². The quantitative estimate of drug-likeness (QED) is 0.678. The molecule has 2 N–H and O–H groups in total. The lowest BCUT2D eigenvalue weighted by molar-refractivity contribution is 0.0696.